The molecule has 3 aromatic carbocycles. The predicted molar refractivity (Wildman–Crippen MR) is 128 cm³/mol. The molecule has 0 saturated carbocycles. The summed E-state index contributed by atoms with van der Waals surface area (Å²) >= 11 is 0. The SMILES string of the molecule is CC(c1ccccc1)N(Cc1ccccc1)[C@@H](c1ccccc1)[C@H](O)C(=O)OC(C)(C)C. The Labute approximate surface area is 191 Å². The lowest BCUT2D eigenvalue weighted by atomic mass is 9.95. The zero-order chi connectivity index (χ0) is 23.1. The molecule has 3 rings (SSSR count). The van der Waals surface area contributed by atoms with Crippen LogP contribution in [0.5, 0.6) is 0 Å². The molecule has 0 bridgehead atoms. The van der Waals surface area contributed by atoms with Gasteiger partial charge in [0, 0.05) is 12.6 Å². The molecular formula is C28H33NO3. The van der Waals surface area contributed by atoms with Crippen molar-refractivity contribution in [2.75, 3.05) is 0 Å². The highest BCUT2D eigenvalue weighted by molar-refractivity contribution is 5.76. The molecule has 168 valence electrons. The number of ether oxygens (including phenoxy) is 1. The Morgan fingerprint density at radius 2 is 1.31 bits per heavy atom. The van der Waals surface area contributed by atoms with Crippen LogP contribution in [0.25, 0.3) is 0 Å². The molecule has 32 heavy (non-hydrogen) atoms. The van der Waals surface area contributed by atoms with Gasteiger partial charge in [-0.3, -0.25) is 4.90 Å². The van der Waals surface area contributed by atoms with Crippen LogP contribution in [0, 0.1) is 0 Å². The van der Waals surface area contributed by atoms with Gasteiger partial charge in [-0.1, -0.05) is 91.0 Å². The van der Waals surface area contributed by atoms with Crippen LogP contribution in [0.3, 0.4) is 0 Å². The van der Waals surface area contributed by atoms with E-state index < -0.39 is 23.7 Å². The van der Waals surface area contributed by atoms with Crippen molar-refractivity contribution in [1.82, 2.24) is 4.90 Å². The van der Waals surface area contributed by atoms with Crippen LogP contribution in [0.2, 0.25) is 0 Å². The summed E-state index contributed by atoms with van der Waals surface area (Å²) in [5.74, 6) is -0.621. The van der Waals surface area contributed by atoms with Crippen LogP contribution in [-0.4, -0.2) is 27.7 Å². The Balaban J connectivity index is 2.06. The molecule has 1 N–H and O–H groups in total. The van der Waals surface area contributed by atoms with E-state index in [1.54, 1.807) is 0 Å². The molecule has 4 heteroatoms. The summed E-state index contributed by atoms with van der Waals surface area (Å²) in [4.78, 5) is 15.2. The molecule has 0 radical (unpaired) electrons. The zero-order valence-corrected chi connectivity index (χ0v) is 19.3. The first-order valence-corrected chi connectivity index (χ1v) is 11.1. The van der Waals surface area contributed by atoms with Gasteiger partial charge in [0.05, 0.1) is 6.04 Å². The fraction of sp³-hybridized carbons (Fsp3) is 0.321. The first-order chi connectivity index (χ1) is 15.3. The Hall–Kier alpha value is -2.95. The summed E-state index contributed by atoms with van der Waals surface area (Å²) < 4.78 is 5.57. The second-order valence-corrected chi connectivity index (χ2v) is 9.08. The normalized spacial score (nSPS) is 14.6. The molecule has 1 unspecified atom stereocenters. The number of hydrogen-bond acceptors (Lipinski definition) is 4. The smallest absolute Gasteiger partial charge is 0.337 e. The fourth-order valence-electron chi connectivity index (χ4n) is 3.89. The number of hydrogen-bond donors (Lipinski definition) is 1. The second kappa shape index (κ2) is 10.6. The van der Waals surface area contributed by atoms with E-state index >= 15 is 0 Å². The highest BCUT2D eigenvalue weighted by Gasteiger charge is 2.37. The van der Waals surface area contributed by atoms with E-state index in [1.807, 2.05) is 87.5 Å². The van der Waals surface area contributed by atoms with Crippen LogP contribution in [0.15, 0.2) is 91.0 Å². The van der Waals surface area contributed by atoms with E-state index in [9.17, 15) is 9.90 Å². The van der Waals surface area contributed by atoms with Crippen molar-refractivity contribution in [2.24, 2.45) is 0 Å². The van der Waals surface area contributed by atoms with Gasteiger partial charge in [-0.15, -0.1) is 0 Å². The van der Waals surface area contributed by atoms with Gasteiger partial charge in [0.2, 0.25) is 0 Å². The van der Waals surface area contributed by atoms with Crippen molar-refractivity contribution < 1.29 is 14.6 Å². The topological polar surface area (TPSA) is 49.8 Å². The van der Waals surface area contributed by atoms with Gasteiger partial charge < -0.3 is 9.84 Å². The van der Waals surface area contributed by atoms with Crippen molar-refractivity contribution in [3.05, 3.63) is 108 Å². The number of esters is 1. The minimum atomic E-state index is -1.34. The third-order valence-corrected chi connectivity index (χ3v) is 5.43. The summed E-state index contributed by atoms with van der Waals surface area (Å²) in [6.07, 6.45) is -1.34. The van der Waals surface area contributed by atoms with Gasteiger partial charge in [0.1, 0.15) is 5.60 Å². The molecule has 0 aromatic heterocycles. The van der Waals surface area contributed by atoms with Gasteiger partial charge in [0.25, 0.3) is 0 Å². The van der Waals surface area contributed by atoms with E-state index in [1.165, 1.54) is 0 Å². The molecule has 0 spiro atoms. The molecule has 4 nitrogen and oxygen atoms in total. The van der Waals surface area contributed by atoms with Crippen LogP contribution >= 0.6 is 0 Å². The van der Waals surface area contributed by atoms with Crippen LogP contribution < -0.4 is 0 Å². The number of aliphatic hydroxyl groups is 1. The minimum Gasteiger partial charge on any atom is -0.458 e. The van der Waals surface area contributed by atoms with E-state index in [2.05, 4.69) is 36.1 Å². The first kappa shape index (κ1) is 23.7. The van der Waals surface area contributed by atoms with Gasteiger partial charge in [-0.2, -0.15) is 0 Å². The maximum Gasteiger partial charge on any atom is 0.337 e. The number of carbonyl (C=O) groups excluding carboxylic acids is 1. The highest BCUT2D eigenvalue weighted by atomic mass is 16.6. The average molecular weight is 432 g/mol. The van der Waals surface area contributed by atoms with Crippen LogP contribution in [-0.2, 0) is 16.1 Å². The van der Waals surface area contributed by atoms with E-state index in [0.29, 0.717) is 6.54 Å². The molecule has 3 aromatic rings. The number of aliphatic hydroxyl groups excluding tert-OH is 1. The van der Waals surface area contributed by atoms with Crippen molar-refractivity contribution in [3.8, 4) is 0 Å². The van der Waals surface area contributed by atoms with Gasteiger partial charge in [-0.25, -0.2) is 4.79 Å². The van der Waals surface area contributed by atoms with E-state index in [4.69, 9.17) is 4.74 Å². The highest BCUT2D eigenvalue weighted by Crippen LogP contribution is 2.35. The Kier molecular flexibility index (Phi) is 7.84. The third kappa shape index (κ3) is 6.28. The van der Waals surface area contributed by atoms with Crippen molar-refractivity contribution >= 4 is 5.97 Å². The Morgan fingerprint density at radius 1 is 0.844 bits per heavy atom. The number of benzene rings is 3. The molecule has 0 heterocycles. The lowest BCUT2D eigenvalue weighted by Crippen LogP contribution is -2.44. The lowest BCUT2D eigenvalue weighted by Gasteiger charge is -2.39. The summed E-state index contributed by atoms with van der Waals surface area (Å²) in [5.41, 5.74) is 2.40. The Morgan fingerprint density at radius 3 is 1.81 bits per heavy atom. The van der Waals surface area contributed by atoms with Gasteiger partial charge in [-0.05, 0) is 44.4 Å². The molecule has 0 aliphatic heterocycles. The maximum atomic E-state index is 13.0. The van der Waals surface area contributed by atoms with Crippen LogP contribution in [0.4, 0.5) is 0 Å². The van der Waals surface area contributed by atoms with Crippen LogP contribution in [0.1, 0.15) is 56.5 Å². The van der Waals surface area contributed by atoms with Crippen molar-refractivity contribution in [1.29, 1.82) is 0 Å². The van der Waals surface area contributed by atoms with E-state index in [-0.39, 0.29) is 6.04 Å². The first-order valence-electron chi connectivity index (χ1n) is 11.1. The summed E-state index contributed by atoms with van der Waals surface area (Å²) in [6, 6.07) is 29.3. The molecular weight excluding hydrogens is 398 g/mol. The number of nitrogens with zero attached hydrogens (tertiary/aromatic N) is 1. The summed E-state index contributed by atoms with van der Waals surface area (Å²) in [7, 11) is 0. The Bertz CT molecular complexity index is 968. The summed E-state index contributed by atoms with van der Waals surface area (Å²) in [5, 5.41) is 11.3. The molecule has 3 atom stereocenters. The average Bonchev–Trinajstić information content (AvgIpc) is 2.79. The number of rotatable bonds is 8. The zero-order valence-electron chi connectivity index (χ0n) is 19.3. The standard InChI is InChI=1S/C28H33NO3/c1-21(23-16-10-6-11-17-23)29(20-22-14-8-5-9-15-22)25(24-18-12-7-13-19-24)26(30)27(31)32-28(2,3)4/h5-19,21,25-26,30H,20H2,1-4H3/t21?,25-,26-/m0/s1. The van der Waals surface area contributed by atoms with Gasteiger partial charge in [0.15, 0.2) is 6.10 Å². The van der Waals surface area contributed by atoms with Crippen molar-refractivity contribution in [3.63, 3.8) is 0 Å². The van der Waals surface area contributed by atoms with Crippen molar-refractivity contribution in [2.45, 2.75) is 58.0 Å². The minimum absolute atomic E-state index is 0.0568. The molecule has 0 aliphatic carbocycles. The monoisotopic (exact) mass is 431 g/mol. The molecule has 0 amide bonds. The molecule has 0 saturated heterocycles. The third-order valence-electron chi connectivity index (χ3n) is 5.43. The largest absolute Gasteiger partial charge is 0.458 e. The van der Waals surface area contributed by atoms with E-state index in [0.717, 1.165) is 16.7 Å². The predicted octanol–water partition coefficient (Wildman–Crippen LogP) is 5.69. The molecule has 0 fully saturated rings. The molecule has 0 aliphatic rings. The second-order valence-electron chi connectivity index (χ2n) is 9.08. The quantitative estimate of drug-likeness (QED) is 0.465. The number of carbonyl (C=O) groups is 1. The maximum absolute atomic E-state index is 13.0. The fourth-order valence-corrected chi connectivity index (χ4v) is 3.89. The summed E-state index contributed by atoms with van der Waals surface area (Å²) in [6.45, 7) is 8.10. The lowest BCUT2D eigenvalue weighted by molar-refractivity contribution is -0.170. The van der Waals surface area contributed by atoms with Gasteiger partial charge >= 0.3 is 5.97 Å².